The third-order valence-electron chi connectivity index (χ3n) is 3.74. The van der Waals surface area contributed by atoms with E-state index in [1.165, 1.54) is 29.5 Å². The first-order valence-corrected chi connectivity index (χ1v) is 10.6. The number of carbonyl (C=O) groups excluding carboxylic acids is 1. The van der Waals surface area contributed by atoms with Crippen LogP contribution in [0.4, 0.5) is 5.69 Å². The van der Waals surface area contributed by atoms with Crippen LogP contribution in [0.1, 0.15) is 11.3 Å². The Morgan fingerprint density at radius 2 is 1.93 bits per heavy atom. The van der Waals surface area contributed by atoms with Gasteiger partial charge in [0.2, 0.25) is 0 Å². The summed E-state index contributed by atoms with van der Waals surface area (Å²) in [5.74, 6) is -0.225. The number of rotatable bonds is 5. The maximum Gasteiger partial charge on any atom is 0.266 e. The van der Waals surface area contributed by atoms with Gasteiger partial charge in [0.25, 0.3) is 5.91 Å². The van der Waals surface area contributed by atoms with Crippen LogP contribution in [0, 0.1) is 18.3 Å². The summed E-state index contributed by atoms with van der Waals surface area (Å²) >= 11 is 16.8. The van der Waals surface area contributed by atoms with Crippen molar-refractivity contribution in [2.24, 2.45) is 0 Å². The van der Waals surface area contributed by atoms with Crippen LogP contribution < -0.4 is 5.32 Å². The molecule has 0 saturated carbocycles. The molecule has 2 aromatic carbocycles. The van der Waals surface area contributed by atoms with E-state index in [2.05, 4.69) is 21.2 Å². The molecule has 0 aliphatic carbocycles. The van der Waals surface area contributed by atoms with E-state index in [4.69, 9.17) is 27.6 Å². The fourth-order valence-corrected chi connectivity index (χ4v) is 4.08. The number of carbonyl (C=O) groups is 1. The Kier molecular flexibility index (Phi) is 7.09. The number of benzene rings is 2. The van der Waals surface area contributed by atoms with Crippen LogP contribution >= 0.6 is 50.9 Å². The van der Waals surface area contributed by atoms with E-state index in [1.54, 1.807) is 18.2 Å². The van der Waals surface area contributed by atoms with Gasteiger partial charge in [-0.1, -0.05) is 52.7 Å². The normalized spacial score (nSPS) is 11.2. The zero-order chi connectivity index (χ0) is 21.0. The molecule has 0 bridgehead atoms. The molecule has 8 heteroatoms. The van der Waals surface area contributed by atoms with Crippen LogP contribution in [0.25, 0.3) is 6.08 Å². The van der Waals surface area contributed by atoms with Gasteiger partial charge in [0.1, 0.15) is 17.4 Å². The molecule has 0 unspecified atom stereocenters. The Labute approximate surface area is 190 Å². The molecule has 1 amide bonds. The van der Waals surface area contributed by atoms with Crippen LogP contribution in [0.15, 0.2) is 73.0 Å². The average Bonchev–Trinajstić information content (AvgIpc) is 3.02. The Bertz CT molecular complexity index is 1130. The third kappa shape index (κ3) is 5.68. The molecule has 0 spiro atoms. The maximum atomic E-state index is 12.4. The number of aryl methyl sites for hydroxylation is 1. The second-order valence-electron chi connectivity index (χ2n) is 5.95. The third-order valence-corrected chi connectivity index (χ3v) is 6.13. The average molecular weight is 508 g/mol. The molecule has 29 heavy (non-hydrogen) atoms. The largest absolute Gasteiger partial charge is 0.449 e. The SMILES string of the molecule is Cc1ccc(Sc2oc(/C=C(/C#N)C(=O)Nc3ccc(Cl)cc3Cl)cc2Br)cc1. The van der Waals surface area contributed by atoms with E-state index in [9.17, 15) is 10.1 Å². The van der Waals surface area contributed by atoms with E-state index < -0.39 is 5.91 Å². The molecule has 4 nitrogen and oxygen atoms in total. The zero-order valence-corrected chi connectivity index (χ0v) is 18.9. The van der Waals surface area contributed by atoms with Crippen molar-refractivity contribution in [3.8, 4) is 6.07 Å². The van der Waals surface area contributed by atoms with Gasteiger partial charge in [0.05, 0.1) is 15.2 Å². The molecular formula is C21H13BrCl2N2O2S. The second-order valence-corrected chi connectivity index (χ2v) is 8.69. The highest BCUT2D eigenvalue weighted by molar-refractivity contribution is 9.10. The first kappa shape index (κ1) is 21.5. The molecule has 146 valence electrons. The molecule has 0 aliphatic rings. The van der Waals surface area contributed by atoms with Crippen LogP contribution in [0.3, 0.4) is 0 Å². The van der Waals surface area contributed by atoms with Gasteiger partial charge in [0, 0.05) is 16.0 Å². The lowest BCUT2D eigenvalue weighted by atomic mass is 10.2. The van der Waals surface area contributed by atoms with Crippen LogP contribution in [0.2, 0.25) is 10.0 Å². The van der Waals surface area contributed by atoms with Gasteiger partial charge < -0.3 is 9.73 Å². The van der Waals surface area contributed by atoms with E-state index in [0.717, 1.165) is 9.37 Å². The minimum Gasteiger partial charge on any atom is -0.449 e. The minimum absolute atomic E-state index is 0.121. The molecule has 1 aromatic heterocycles. The van der Waals surface area contributed by atoms with Gasteiger partial charge in [-0.3, -0.25) is 4.79 Å². The number of halogens is 3. The fraction of sp³-hybridized carbons (Fsp3) is 0.0476. The predicted molar refractivity (Wildman–Crippen MR) is 120 cm³/mol. The lowest BCUT2D eigenvalue weighted by Gasteiger charge is -2.06. The molecule has 0 radical (unpaired) electrons. The number of hydrogen-bond acceptors (Lipinski definition) is 4. The van der Waals surface area contributed by atoms with E-state index in [0.29, 0.717) is 21.6 Å². The van der Waals surface area contributed by atoms with Crippen molar-refractivity contribution >= 4 is 68.6 Å². The van der Waals surface area contributed by atoms with Crippen LogP contribution in [0.5, 0.6) is 0 Å². The summed E-state index contributed by atoms with van der Waals surface area (Å²) in [4.78, 5) is 13.5. The molecular weight excluding hydrogens is 495 g/mol. The number of furan rings is 1. The van der Waals surface area contributed by atoms with E-state index in [-0.39, 0.29) is 10.6 Å². The van der Waals surface area contributed by atoms with E-state index in [1.807, 2.05) is 37.3 Å². The number of amides is 1. The van der Waals surface area contributed by atoms with Crippen molar-refractivity contribution in [1.82, 2.24) is 0 Å². The zero-order valence-electron chi connectivity index (χ0n) is 15.0. The molecule has 1 heterocycles. The van der Waals surface area contributed by atoms with Gasteiger partial charge in [-0.2, -0.15) is 5.26 Å². The van der Waals surface area contributed by atoms with Crippen molar-refractivity contribution in [2.75, 3.05) is 5.32 Å². The quantitative estimate of drug-likeness (QED) is 0.289. The molecule has 0 saturated heterocycles. The first-order valence-electron chi connectivity index (χ1n) is 8.28. The number of nitrogens with one attached hydrogen (secondary N) is 1. The monoisotopic (exact) mass is 506 g/mol. The smallest absolute Gasteiger partial charge is 0.266 e. The van der Waals surface area contributed by atoms with Crippen molar-refractivity contribution in [3.63, 3.8) is 0 Å². The Hall–Kier alpha value is -2.17. The van der Waals surface area contributed by atoms with Crippen LogP contribution in [-0.4, -0.2) is 5.91 Å². The summed E-state index contributed by atoms with van der Waals surface area (Å²) in [7, 11) is 0. The fourth-order valence-electron chi connectivity index (χ4n) is 2.29. The predicted octanol–water partition coefficient (Wildman–Crippen LogP) is 7.35. The number of hydrogen-bond donors (Lipinski definition) is 1. The molecule has 0 atom stereocenters. The van der Waals surface area contributed by atoms with Gasteiger partial charge in [-0.15, -0.1) is 0 Å². The number of nitriles is 1. The summed E-state index contributed by atoms with van der Waals surface area (Å²) in [5.41, 5.74) is 1.41. The summed E-state index contributed by atoms with van der Waals surface area (Å²) < 4.78 is 6.52. The highest BCUT2D eigenvalue weighted by atomic mass is 79.9. The first-order chi connectivity index (χ1) is 13.9. The number of anilines is 1. The van der Waals surface area contributed by atoms with Crippen LogP contribution in [-0.2, 0) is 4.79 Å². The lowest BCUT2D eigenvalue weighted by molar-refractivity contribution is -0.112. The Morgan fingerprint density at radius 1 is 1.21 bits per heavy atom. The second kappa shape index (κ2) is 9.55. The summed E-state index contributed by atoms with van der Waals surface area (Å²) in [6, 6.07) is 16.3. The van der Waals surface area contributed by atoms with Crippen molar-refractivity contribution < 1.29 is 9.21 Å². The lowest BCUT2D eigenvalue weighted by Crippen LogP contribution is -2.13. The van der Waals surface area contributed by atoms with Gasteiger partial charge in [-0.25, -0.2) is 0 Å². The molecule has 3 rings (SSSR count). The van der Waals surface area contributed by atoms with Crippen molar-refractivity contribution in [1.29, 1.82) is 5.26 Å². The van der Waals surface area contributed by atoms with Gasteiger partial charge in [-0.05, 0) is 59.3 Å². The van der Waals surface area contributed by atoms with Crippen molar-refractivity contribution in [3.05, 3.63) is 79.9 Å². The van der Waals surface area contributed by atoms with E-state index >= 15 is 0 Å². The Balaban J connectivity index is 1.79. The molecule has 1 N–H and O–H groups in total. The summed E-state index contributed by atoms with van der Waals surface area (Å²) in [5, 5.41) is 13.3. The molecule has 0 aliphatic heterocycles. The highest BCUT2D eigenvalue weighted by Crippen LogP contribution is 2.36. The Morgan fingerprint density at radius 3 is 2.59 bits per heavy atom. The summed E-state index contributed by atoms with van der Waals surface area (Å²) in [6.07, 6.45) is 1.38. The molecule has 0 fully saturated rings. The van der Waals surface area contributed by atoms with Crippen molar-refractivity contribution in [2.45, 2.75) is 16.9 Å². The molecule has 3 aromatic rings. The van der Waals surface area contributed by atoms with Gasteiger partial charge >= 0.3 is 0 Å². The maximum absolute atomic E-state index is 12.4. The minimum atomic E-state index is -0.600. The number of nitrogens with zero attached hydrogens (tertiary/aromatic N) is 1. The van der Waals surface area contributed by atoms with Gasteiger partial charge in [0.15, 0.2) is 5.09 Å². The topological polar surface area (TPSA) is 66.0 Å². The highest BCUT2D eigenvalue weighted by Gasteiger charge is 2.15. The summed E-state index contributed by atoms with van der Waals surface area (Å²) in [6.45, 7) is 2.02. The standard InChI is InChI=1S/C21H13BrCl2N2O2S/c1-12-2-5-16(6-3-12)29-21-17(22)10-15(28-21)8-13(11-25)20(27)26-19-7-4-14(23)9-18(19)24/h2-10H,1H3,(H,26,27)/b13-8-.